The van der Waals surface area contributed by atoms with Crippen molar-refractivity contribution in [2.45, 2.75) is 13.3 Å². The molecule has 0 amide bonds. The van der Waals surface area contributed by atoms with Crippen LogP contribution in [0.5, 0.6) is 5.75 Å². The van der Waals surface area contributed by atoms with E-state index in [-0.39, 0.29) is 0 Å². The van der Waals surface area contributed by atoms with Crippen molar-refractivity contribution in [3.63, 3.8) is 0 Å². The topological polar surface area (TPSA) is 20.2 Å². The SMILES string of the molecule is CCc1cc2c(O)cccc2s1. The van der Waals surface area contributed by atoms with E-state index < -0.39 is 0 Å². The fraction of sp³-hybridized carbons (Fsp3) is 0.200. The normalized spacial score (nSPS) is 10.8. The molecule has 0 unspecified atom stereocenters. The number of hydrogen-bond donors (Lipinski definition) is 1. The van der Waals surface area contributed by atoms with E-state index in [4.69, 9.17) is 0 Å². The van der Waals surface area contributed by atoms with Gasteiger partial charge in [0.1, 0.15) is 5.75 Å². The van der Waals surface area contributed by atoms with Crippen molar-refractivity contribution in [3.05, 3.63) is 29.1 Å². The third kappa shape index (κ3) is 1.08. The molecule has 0 saturated heterocycles. The van der Waals surface area contributed by atoms with E-state index in [1.54, 1.807) is 17.4 Å². The quantitative estimate of drug-likeness (QED) is 0.711. The van der Waals surface area contributed by atoms with E-state index >= 15 is 0 Å². The second kappa shape index (κ2) is 2.79. The first-order valence-corrected chi connectivity index (χ1v) is 4.83. The maximum absolute atomic E-state index is 9.49. The van der Waals surface area contributed by atoms with Crippen molar-refractivity contribution >= 4 is 21.4 Å². The summed E-state index contributed by atoms with van der Waals surface area (Å²) in [6.45, 7) is 2.13. The van der Waals surface area contributed by atoms with Crippen molar-refractivity contribution in [1.82, 2.24) is 0 Å². The maximum Gasteiger partial charge on any atom is 0.124 e. The molecule has 0 aliphatic rings. The van der Waals surface area contributed by atoms with Crippen molar-refractivity contribution in [2.75, 3.05) is 0 Å². The van der Waals surface area contributed by atoms with Crippen LogP contribution >= 0.6 is 11.3 Å². The van der Waals surface area contributed by atoms with Gasteiger partial charge in [0.25, 0.3) is 0 Å². The summed E-state index contributed by atoms with van der Waals surface area (Å²) >= 11 is 1.75. The molecule has 0 radical (unpaired) electrons. The Morgan fingerprint density at radius 2 is 2.25 bits per heavy atom. The molecule has 62 valence electrons. The molecule has 1 aromatic carbocycles. The van der Waals surface area contributed by atoms with E-state index in [1.807, 2.05) is 12.1 Å². The molecule has 0 fully saturated rings. The molecule has 2 aromatic rings. The first-order chi connectivity index (χ1) is 5.81. The van der Waals surface area contributed by atoms with Crippen LogP contribution in [-0.4, -0.2) is 5.11 Å². The third-order valence-corrected chi connectivity index (χ3v) is 3.18. The third-order valence-electron chi connectivity index (χ3n) is 1.94. The van der Waals surface area contributed by atoms with Gasteiger partial charge in [-0.15, -0.1) is 11.3 Å². The van der Waals surface area contributed by atoms with Gasteiger partial charge in [0, 0.05) is 15.0 Å². The van der Waals surface area contributed by atoms with Crippen molar-refractivity contribution in [2.24, 2.45) is 0 Å². The Bertz CT molecular complexity index is 403. The molecule has 12 heavy (non-hydrogen) atoms. The van der Waals surface area contributed by atoms with E-state index in [0.29, 0.717) is 5.75 Å². The summed E-state index contributed by atoms with van der Waals surface area (Å²) in [5, 5.41) is 10.5. The summed E-state index contributed by atoms with van der Waals surface area (Å²) in [5.41, 5.74) is 0. The number of benzene rings is 1. The maximum atomic E-state index is 9.49. The van der Waals surface area contributed by atoms with Crippen LogP contribution in [0.1, 0.15) is 11.8 Å². The van der Waals surface area contributed by atoms with Crippen molar-refractivity contribution in [3.8, 4) is 5.75 Å². The Kier molecular flexibility index (Phi) is 1.77. The molecular weight excluding hydrogens is 168 g/mol. The van der Waals surface area contributed by atoms with Gasteiger partial charge in [0.2, 0.25) is 0 Å². The van der Waals surface area contributed by atoms with Crippen LogP contribution < -0.4 is 0 Å². The zero-order valence-electron chi connectivity index (χ0n) is 6.87. The Morgan fingerprint density at radius 3 is 2.92 bits per heavy atom. The van der Waals surface area contributed by atoms with Crippen LogP contribution in [0.15, 0.2) is 24.3 Å². The molecule has 0 aliphatic carbocycles. The molecule has 2 rings (SSSR count). The minimum Gasteiger partial charge on any atom is -0.507 e. The van der Waals surface area contributed by atoms with E-state index in [9.17, 15) is 5.11 Å². The molecule has 2 heteroatoms. The molecule has 1 N–H and O–H groups in total. The number of rotatable bonds is 1. The first kappa shape index (κ1) is 7.62. The van der Waals surface area contributed by atoms with Gasteiger partial charge in [-0.2, -0.15) is 0 Å². The zero-order valence-corrected chi connectivity index (χ0v) is 7.69. The van der Waals surface area contributed by atoms with Crippen LogP contribution in [-0.2, 0) is 6.42 Å². The van der Waals surface area contributed by atoms with Gasteiger partial charge in [0.15, 0.2) is 0 Å². The Labute approximate surface area is 75.3 Å². The summed E-state index contributed by atoms with van der Waals surface area (Å²) < 4.78 is 1.17. The Morgan fingerprint density at radius 1 is 1.42 bits per heavy atom. The molecule has 0 spiro atoms. The highest BCUT2D eigenvalue weighted by Gasteiger charge is 2.02. The van der Waals surface area contributed by atoms with Crippen molar-refractivity contribution < 1.29 is 5.11 Å². The Balaban J connectivity index is 2.74. The smallest absolute Gasteiger partial charge is 0.124 e. The first-order valence-electron chi connectivity index (χ1n) is 4.01. The highest BCUT2D eigenvalue weighted by atomic mass is 32.1. The highest BCUT2D eigenvalue weighted by molar-refractivity contribution is 7.19. The standard InChI is InChI=1S/C10H10OS/c1-2-7-6-8-9(11)4-3-5-10(8)12-7/h3-6,11H,2H2,1H3. The minimum atomic E-state index is 0.392. The van der Waals surface area contributed by atoms with E-state index in [1.165, 1.54) is 9.58 Å². The van der Waals surface area contributed by atoms with Gasteiger partial charge >= 0.3 is 0 Å². The molecule has 1 nitrogen and oxygen atoms in total. The lowest BCUT2D eigenvalue weighted by molar-refractivity contribution is 0.482. The van der Waals surface area contributed by atoms with Crippen LogP contribution in [0.4, 0.5) is 0 Å². The van der Waals surface area contributed by atoms with Gasteiger partial charge in [0.05, 0.1) is 0 Å². The molecule has 0 saturated carbocycles. The highest BCUT2D eigenvalue weighted by Crippen LogP contribution is 2.31. The molecule has 1 aromatic heterocycles. The monoisotopic (exact) mass is 178 g/mol. The second-order valence-corrected chi connectivity index (χ2v) is 3.92. The van der Waals surface area contributed by atoms with E-state index in [0.717, 1.165) is 11.8 Å². The summed E-state index contributed by atoms with van der Waals surface area (Å²) in [7, 11) is 0. The second-order valence-electron chi connectivity index (χ2n) is 2.76. The lowest BCUT2D eigenvalue weighted by Gasteiger charge is -1.90. The number of aryl methyl sites for hydroxylation is 1. The largest absolute Gasteiger partial charge is 0.507 e. The van der Waals surface area contributed by atoms with Crippen LogP contribution in [0, 0.1) is 0 Å². The number of thiophene rings is 1. The molecule has 0 aliphatic heterocycles. The molecular formula is C10H10OS. The predicted molar refractivity (Wildman–Crippen MR) is 52.9 cm³/mol. The lowest BCUT2D eigenvalue weighted by atomic mass is 10.2. The van der Waals surface area contributed by atoms with Gasteiger partial charge < -0.3 is 5.11 Å². The van der Waals surface area contributed by atoms with Gasteiger partial charge in [-0.3, -0.25) is 0 Å². The number of phenols is 1. The van der Waals surface area contributed by atoms with E-state index in [2.05, 4.69) is 13.0 Å². The number of aromatic hydroxyl groups is 1. The average Bonchev–Trinajstić information content (AvgIpc) is 2.49. The van der Waals surface area contributed by atoms with Crippen LogP contribution in [0.25, 0.3) is 10.1 Å². The summed E-state index contributed by atoms with van der Waals surface area (Å²) in [5.74, 6) is 0.392. The summed E-state index contributed by atoms with van der Waals surface area (Å²) in [6, 6.07) is 7.72. The minimum absolute atomic E-state index is 0.392. The molecule has 0 bridgehead atoms. The van der Waals surface area contributed by atoms with Gasteiger partial charge in [-0.05, 0) is 24.6 Å². The number of phenolic OH excluding ortho intramolecular Hbond substituents is 1. The summed E-state index contributed by atoms with van der Waals surface area (Å²) in [6.07, 6.45) is 1.04. The van der Waals surface area contributed by atoms with Crippen molar-refractivity contribution in [1.29, 1.82) is 0 Å². The van der Waals surface area contributed by atoms with Crippen LogP contribution in [0.3, 0.4) is 0 Å². The molecule has 1 heterocycles. The Hall–Kier alpha value is -1.02. The van der Waals surface area contributed by atoms with Crippen LogP contribution in [0.2, 0.25) is 0 Å². The fourth-order valence-corrected chi connectivity index (χ4v) is 2.30. The van der Waals surface area contributed by atoms with Gasteiger partial charge in [-0.25, -0.2) is 0 Å². The molecule has 0 atom stereocenters. The fourth-order valence-electron chi connectivity index (χ4n) is 1.27. The number of hydrogen-bond acceptors (Lipinski definition) is 2. The predicted octanol–water partition coefficient (Wildman–Crippen LogP) is 3.17. The summed E-state index contributed by atoms with van der Waals surface area (Å²) in [4.78, 5) is 1.33. The van der Waals surface area contributed by atoms with Gasteiger partial charge in [-0.1, -0.05) is 13.0 Å². The number of fused-ring (bicyclic) bond motifs is 1. The average molecular weight is 178 g/mol. The lowest BCUT2D eigenvalue weighted by Crippen LogP contribution is -1.66. The zero-order chi connectivity index (χ0) is 8.55.